The van der Waals surface area contributed by atoms with Crippen LogP contribution in [-0.4, -0.2) is 73.5 Å². The molecule has 0 heterocycles. The van der Waals surface area contributed by atoms with Gasteiger partial charge in [-0.25, -0.2) is 0 Å². The molecule has 0 rings (SSSR count). The second-order valence-corrected chi connectivity index (χ2v) is 3.79. The summed E-state index contributed by atoms with van der Waals surface area (Å²) in [5, 5.41) is 15.7. The van der Waals surface area contributed by atoms with Gasteiger partial charge in [0.05, 0.1) is 13.2 Å². The van der Waals surface area contributed by atoms with Gasteiger partial charge in [-0.3, -0.25) is 0 Å². The Balaban J connectivity index is -0.000000143. The average Bonchev–Trinajstić information content (AvgIpc) is 1.87. The number of aliphatic hydroxyl groups excluding tert-OH is 2. The van der Waals surface area contributed by atoms with E-state index in [4.69, 9.17) is 10.2 Å². The van der Waals surface area contributed by atoms with Crippen molar-refractivity contribution >= 4 is 53.8 Å². The van der Waals surface area contributed by atoms with Crippen molar-refractivity contribution in [1.82, 2.24) is 0 Å². The zero-order valence-corrected chi connectivity index (χ0v) is 11.0. The third-order valence-corrected chi connectivity index (χ3v) is 1.70. The van der Waals surface area contributed by atoms with Crippen LogP contribution in [0.15, 0.2) is 0 Å². The molecule has 0 saturated carbocycles. The molecular weight excluding hydrogens is 246 g/mol. The van der Waals surface area contributed by atoms with Crippen LogP contribution in [0, 0.1) is 0 Å². The van der Waals surface area contributed by atoms with Crippen LogP contribution in [0.4, 0.5) is 0 Å². The maximum atomic E-state index is 9.48. The van der Waals surface area contributed by atoms with Gasteiger partial charge in [0.25, 0.3) is 0 Å². The molecule has 0 radical (unpaired) electrons. The van der Waals surface area contributed by atoms with Crippen molar-refractivity contribution in [2.75, 3.05) is 25.5 Å². The fourth-order valence-electron chi connectivity index (χ4n) is 0.163. The van der Waals surface area contributed by atoms with Gasteiger partial charge in [0.1, 0.15) is 0 Å². The summed E-state index contributed by atoms with van der Waals surface area (Å²) >= 11 is 0. The number of hydrogen-bond acceptors (Lipinski definition) is 6. The van der Waals surface area contributed by atoms with Crippen LogP contribution in [0.3, 0.4) is 0 Å². The Labute approximate surface area is 108 Å². The predicted molar refractivity (Wildman–Crippen MR) is 44.9 cm³/mol. The molecule has 2 unspecified atom stereocenters. The zero-order valence-electron chi connectivity index (χ0n) is 6.96. The summed E-state index contributed by atoms with van der Waals surface area (Å²) in [5.74, 6) is 0. The van der Waals surface area contributed by atoms with Crippen LogP contribution < -0.4 is 9.79 Å². The molecule has 9 heteroatoms. The Kier molecular flexibility index (Phi) is 24.0. The Morgan fingerprint density at radius 1 is 0.923 bits per heavy atom. The van der Waals surface area contributed by atoms with Crippen molar-refractivity contribution < 1.29 is 29.1 Å². The minimum atomic E-state index is -2.35. The maximum absolute atomic E-state index is 9.48. The molecule has 0 fully saturated rings. The van der Waals surface area contributed by atoms with Gasteiger partial charge >= 0.3 is 53.8 Å². The number of hydrogen-bond donors (Lipinski definition) is 2. The van der Waals surface area contributed by atoms with Gasteiger partial charge in [-0.05, 0) is 0 Å². The summed E-state index contributed by atoms with van der Waals surface area (Å²) in [6.45, 7) is -0.530. The van der Waals surface area contributed by atoms with Crippen LogP contribution in [0.1, 0.15) is 0 Å². The third-order valence-electron chi connectivity index (χ3n) is 0.565. The summed E-state index contributed by atoms with van der Waals surface area (Å²) in [4.78, 5) is 19.0. The quantitative estimate of drug-likeness (QED) is 0.434. The Morgan fingerprint density at radius 3 is 1.15 bits per heavy atom. The second kappa shape index (κ2) is 15.8. The zero-order chi connectivity index (χ0) is 9.98. The first-order chi connectivity index (χ1) is 5.54. The molecular formula is C4H10CaO6P2+2. The van der Waals surface area contributed by atoms with Gasteiger partial charge in [-0.15, -0.1) is 0 Å². The van der Waals surface area contributed by atoms with E-state index in [-0.39, 0.29) is 63.3 Å². The van der Waals surface area contributed by atoms with Gasteiger partial charge in [-0.1, -0.05) is 9.13 Å². The molecule has 0 amide bonds. The second-order valence-electron chi connectivity index (χ2n) is 1.56. The van der Waals surface area contributed by atoms with Crippen LogP contribution in [0.2, 0.25) is 0 Å². The summed E-state index contributed by atoms with van der Waals surface area (Å²) in [7, 11) is -4.70. The van der Waals surface area contributed by atoms with E-state index in [1.807, 2.05) is 0 Å². The van der Waals surface area contributed by atoms with Crippen molar-refractivity contribution in [2.45, 2.75) is 0 Å². The molecule has 0 aliphatic carbocycles. The van der Waals surface area contributed by atoms with Gasteiger partial charge in [0, 0.05) is 0 Å². The summed E-state index contributed by atoms with van der Waals surface area (Å²) < 4.78 is 19.0. The van der Waals surface area contributed by atoms with E-state index < -0.39 is 16.1 Å². The molecule has 72 valence electrons. The van der Waals surface area contributed by atoms with E-state index in [1.54, 1.807) is 0 Å². The van der Waals surface area contributed by atoms with Gasteiger partial charge < -0.3 is 20.0 Å². The smallest absolute Gasteiger partial charge is 0.595 e. The Hall–Kier alpha value is 1.30. The molecule has 0 aromatic rings. The average molecular weight is 256 g/mol. The molecule has 0 aliphatic rings. The largest absolute Gasteiger partial charge is 2.00 e. The standard InChI is InChI=1S/2C2H5O3P.Ca/c2*3-1-2-6(4)5;/h2*3H,1-2H2;/q;;+2. The molecule has 2 N–H and O–H groups in total. The molecule has 0 spiro atoms. The van der Waals surface area contributed by atoms with E-state index in [0.717, 1.165) is 0 Å². The van der Waals surface area contributed by atoms with Crippen LogP contribution in [-0.2, 0) is 9.13 Å². The molecule has 0 aliphatic heterocycles. The predicted octanol–water partition coefficient (Wildman–Crippen LogP) is -2.22. The Bertz CT molecular complexity index is 127. The molecule has 13 heavy (non-hydrogen) atoms. The molecule has 6 nitrogen and oxygen atoms in total. The van der Waals surface area contributed by atoms with Crippen LogP contribution in [0.25, 0.3) is 0 Å². The first kappa shape index (κ1) is 19.8. The maximum Gasteiger partial charge on any atom is 2.00 e. The molecule has 0 saturated heterocycles. The molecule has 0 bridgehead atoms. The summed E-state index contributed by atoms with van der Waals surface area (Å²) in [6, 6.07) is 0. The minimum absolute atomic E-state index is 0. The SMILES string of the molecule is O=[P+]([O-])CCO.O=[P+]([O-])CCO.[Ca+2]. The first-order valence-corrected chi connectivity index (χ1v) is 5.72. The van der Waals surface area contributed by atoms with Gasteiger partial charge in [-0.2, -0.15) is 0 Å². The summed E-state index contributed by atoms with van der Waals surface area (Å²) in [6.07, 6.45) is -0.231. The topological polar surface area (TPSA) is 121 Å². The van der Waals surface area contributed by atoms with E-state index >= 15 is 0 Å². The molecule has 2 atom stereocenters. The fourth-order valence-corrected chi connectivity index (χ4v) is 0.490. The minimum Gasteiger partial charge on any atom is -0.595 e. The van der Waals surface area contributed by atoms with Gasteiger partial charge in [0.2, 0.25) is 0 Å². The van der Waals surface area contributed by atoms with E-state index in [0.29, 0.717) is 0 Å². The normalized spacial score (nSPS) is 10.5. The van der Waals surface area contributed by atoms with Crippen molar-refractivity contribution in [3.8, 4) is 0 Å². The molecule has 0 aromatic carbocycles. The Morgan fingerprint density at radius 2 is 1.15 bits per heavy atom. The van der Waals surface area contributed by atoms with Gasteiger partial charge in [0.15, 0.2) is 12.3 Å². The van der Waals surface area contributed by atoms with E-state index in [2.05, 4.69) is 0 Å². The number of rotatable bonds is 4. The van der Waals surface area contributed by atoms with E-state index in [1.165, 1.54) is 0 Å². The van der Waals surface area contributed by atoms with Crippen molar-refractivity contribution in [3.63, 3.8) is 0 Å². The first-order valence-electron chi connectivity index (χ1n) is 3.00. The third kappa shape index (κ3) is 31.9. The van der Waals surface area contributed by atoms with Crippen LogP contribution in [0.5, 0.6) is 0 Å². The monoisotopic (exact) mass is 256 g/mol. The van der Waals surface area contributed by atoms with Crippen LogP contribution >= 0.6 is 16.1 Å². The van der Waals surface area contributed by atoms with Crippen molar-refractivity contribution in [2.24, 2.45) is 0 Å². The number of aliphatic hydroxyl groups is 2. The van der Waals surface area contributed by atoms with Crippen molar-refractivity contribution in [1.29, 1.82) is 0 Å². The fraction of sp³-hybridized carbons (Fsp3) is 1.00. The molecule has 0 aromatic heterocycles. The van der Waals surface area contributed by atoms with E-state index in [9.17, 15) is 18.9 Å². The van der Waals surface area contributed by atoms with Crippen molar-refractivity contribution in [3.05, 3.63) is 0 Å². The summed E-state index contributed by atoms with van der Waals surface area (Å²) in [5.41, 5.74) is 0.